The summed E-state index contributed by atoms with van der Waals surface area (Å²) in [5.74, 6) is -0.0873. The molecule has 0 atom stereocenters. The Balaban J connectivity index is 0.00000243. The normalized spacial score (nSPS) is 10.0. The predicted molar refractivity (Wildman–Crippen MR) is 104 cm³/mol. The molecule has 0 N–H and O–H groups in total. The maximum atomic E-state index is 12.3. The Labute approximate surface area is 161 Å². The van der Waals surface area contributed by atoms with E-state index in [1.54, 1.807) is 4.57 Å². The zero-order chi connectivity index (χ0) is 17.6. The number of rotatable bonds is 6. The summed E-state index contributed by atoms with van der Waals surface area (Å²) in [5.41, 5.74) is 2.85. The Morgan fingerprint density at radius 3 is 2.04 bits per heavy atom. The molecule has 5 nitrogen and oxygen atoms in total. The number of carbonyl (C=O) groups is 1. The fourth-order valence-electron chi connectivity index (χ4n) is 2.57. The summed E-state index contributed by atoms with van der Waals surface area (Å²) in [6, 6.07) is 19.9. The van der Waals surface area contributed by atoms with Gasteiger partial charge in [0, 0.05) is 29.8 Å². The Morgan fingerprint density at radius 2 is 1.46 bits per heavy atom. The van der Waals surface area contributed by atoms with Gasteiger partial charge in [0.1, 0.15) is 0 Å². The number of carbonyl (C=O) groups excluding carboxylic acids is 1. The Bertz CT molecular complexity index is 879. The van der Waals surface area contributed by atoms with Gasteiger partial charge in [-0.2, -0.15) is 4.57 Å². The molecule has 0 saturated carbocycles. The van der Waals surface area contributed by atoms with Crippen LogP contribution in [-0.4, -0.2) is 10.7 Å². The highest BCUT2D eigenvalue weighted by atomic mass is 79.9. The van der Waals surface area contributed by atoms with Crippen molar-refractivity contribution in [3.63, 3.8) is 0 Å². The molecule has 0 amide bonds. The fraction of sp³-hybridized carbons (Fsp3) is 0.100. The van der Waals surface area contributed by atoms with E-state index in [1.165, 1.54) is 35.4 Å². The van der Waals surface area contributed by atoms with Crippen molar-refractivity contribution in [2.24, 2.45) is 0 Å². The molecule has 0 aliphatic carbocycles. The summed E-state index contributed by atoms with van der Waals surface area (Å²) in [6.07, 6.45) is 4.60. The van der Waals surface area contributed by atoms with Gasteiger partial charge >= 0.3 is 0 Å². The number of halogens is 1. The van der Waals surface area contributed by atoms with Gasteiger partial charge in [-0.3, -0.25) is 14.9 Å². The van der Waals surface area contributed by atoms with E-state index in [0.717, 1.165) is 6.42 Å². The van der Waals surface area contributed by atoms with E-state index in [4.69, 9.17) is 0 Å². The maximum Gasteiger partial charge on any atom is 0.269 e. The molecule has 1 heterocycles. The molecule has 0 aliphatic rings. The van der Waals surface area contributed by atoms with Gasteiger partial charge in [0.2, 0.25) is 12.3 Å². The largest absolute Gasteiger partial charge is 0.287 e. The molecule has 0 unspecified atom stereocenters. The average molecular weight is 414 g/mol. The number of pyridine rings is 1. The quantitative estimate of drug-likeness (QED) is 0.266. The molecule has 0 aliphatic heterocycles. The second-order valence-electron chi connectivity index (χ2n) is 5.77. The third kappa shape index (κ3) is 5.07. The fourth-order valence-corrected chi connectivity index (χ4v) is 2.57. The zero-order valence-corrected chi connectivity index (χ0v) is 15.7. The molecule has 3 aromatic rings. The first-order valence-corrected chi connectivity index (χ1v) is 7.91. The molecule has 132 valence electrons. The number of nitrogens with zero attached hydrogens (tertiary/aromatic N) is 2. The van der Waals surface area contributed by atoms with Gasteiger partial charge in [-0.05, 0) is 29.7 Å². The van der Waals surface area contributed by atoms with Crippen LogP contribution in [0.15, 0.2) is 79.1 Å². The number of hydrogen-bond donors (Lipinski definition) is 0. The van der Waals surface area contributed by atoms with Gasteiger partial charge in [-0.25, -0.2) is 0 Å². The standard InChI is InChI=1S/C20H17N2O3.BrH/c23-20(18-6-8-19(9-7-18)22(24)25)15-21-12-10-17(11-13-21)14-16-4-2-1-3-5-16;/h1-13H,14-15H2;1H/q+1;. The van der Waals surface area contributed by atoms with Crippen molar-refractivity contribution in [3.8, 4) is 0 Å². The third-order valence-electron chi connectivity index (χ3n) is 3.94. The minimum atomic E-state index is -0.478. The molecule has 0 spiro atoms. The summed E-state index contributed by atoms with van der Waals surface area (Å²) < 4.78 is 1.80. The monoisotopic (exact) mass is 413 g/mol. The second-order valence-corrected chi connectivity index (χ2v) is 5.77. The van der Waals surface area contributed by atoms with Crippen molar-refractivity contribution in [1.82, 2.24) is 0 Å². The minimum Gasteiger partial charge on any atom is -0.287 e. The van der Waals surface area contributed by atoms with Crippen molar-refractivity contribution in [2.45, 2.75) is 13.0 Å². The molecule has 0 fully saturated rings. The van der Waals surface area contributed by atoms with E-state index in [1.807, 2.05) is 42.7 Å². The lowest BCUT2D eigenvalue weighted by Crippen LogP contribution is -2.37. The van der Waals surface area contributed by atoms with Gasteiger partial charge < -0.3 is 0 Å². The molecule has 26 heavy (non-hydrogen) atoms. The molecule has 6 heteroatoms. The van der Waals surface area contributed by atoms with Crippen molar-refractivity contribution < 1.29 is 14.3 Å². The van der Waals surface area contributed by atoms with Crippen LogP contribution in [-0.2, 0) is 13.0 Å². The highest BCUT2D eigenvalue weighted by Crippen LogP contribution is 2.12. The Hall–Kier alpha value is -2.86. The van der Waals surface area contributed by atoms with Gasteiger partial charge in [0.15, 0.2) is 12.4 Å². The van der Waals surface area contributed by atoms with Crippen LogP contribution >= 0.6 is 17.0 Å². The molecular weight excluding hydrogens is 396 g/mol. The minimum absolute atomic E-state index is 0. The first kappa shape index (κ1) is 19.5. The van der Waals surface area contributed by atoms with Crippen LogP contribution < -0.4 is 4.57 Å². The van der Waals surface area contributed by atoms with Gasteiger partial charge in [0.05, 0.1) is 4.92 Å². The van der Waals surface area contributed by atoms with Crippen LogP contribution in [0.1, 0.15) is 21.5 Å². The van der Waals surface area contributed by atoms with Crippen LogP contribution in [0.4, 0.5) is 5.69 Å². The number of ketones is 1. The summed E-state index contributed by atoms with van der Waals surface area (Å²) in [7, 11) is 0. The number of Topliss-reactive ketones (excluding diaryl/α,β-unsaturated/α-hetero) is 1. The highest BCUT2D eigenvalue weighted by molar-refractivity contribution is 8.93. The zero-order valence-electron chi connectivity index (χ0n) is 13.9. The first-order chi connectivity index (χ1) is 12.1. The summed E-state index contributed by atoms with van der Waals surface area (Å²) >= 11 is 0. The molecular formula is C20H18BrN2O3+. The summed E-state index contributed by atoms with van der Waals surface area (Å²) in [4.78, 5) is 22.5. The van der Waals surface area contributed by atoms with Gasteiger partial charge in [-0.15, -0.1) is 17.0 Å². The van der Waals surface area contributed by atoms with E-state index in [9.17, 15) is 14.9 Å². The van der Waals surface area contributed by atoms with Crippen molar-refractivity contribution in [3.05, 3.63) is 106 Å². The molecule has 0 saturated heterocycles. The van der Waals surface area contributed by atoms with E-state index in [0.29, 0.717) is 5.56 Å². The number of aromatic nitrogens is 1. The average Bonchev–Trinajstić information content (AvgIpc) is 2.64. The van der Waals surface area contributed by atoms with E-state index in [2.05, 4.69) is 12.1 Å². The van der Waals surface area contributed by atoms with Crippen molar-refractivity contribution in [1.29, 1.82) is 0 Å². The van der Waals surface area contributed by atoms with Crippen LogP contribution in [0, 0.1) is 10.1 Å². The summed E-state index contributed by atoms with van der Waals surface area (Å²) in [6.45, 7) is 0.198. The molecule has 1 aromatic heterocycles. The Kier molecular flexibility index (Phi) is 6.74. The van der Waals surface area contributed by atoms with E-state index in [-0.39, 0.29) is 35.0 Å². The smallest absolute Gasteiger partial charge is 0.269 e. The number of benzene rings is 2. The van der Waals surface area contributed by atoms with Gasteiger partial charge in [-0.1, -0.05) is 30.3 Å². The maximum absolute atomic E-state index is 12.3. The predicted octanol–water partition coefficient (Wildman–Crippen LogP) is 3.93. The van der Waals surface area contributed by atoms with Crippen molar-refractivity contribution in [2.75, 3.05) is 0 Å². The lowest BCUT2D eigenvalue weighted by molar-refractivity contribution is -0.683. The molecule has 0 radical (unpaired) electrons. The van der Waals surface area contributed by atoms with E-state index < -0.39 is 4.92 Å². The summed E-state index contributed by atoms with van der Waals surface area (Å²) in [5, 5.41) is 10.7. The highest BCUT2D eigenvalue weighted by Gasteiger charge is 2.14. The SMILES string of the molecule is Br.O=C(C[n+]1ccc(Cc2ccccc2)cc1)c1ccc([N+](=O)[O-])cc1. The van der Waals surface area contributed by atoms with E-state index >= 15 is 0 Å². The van der Waals surface area contributed by atoms with Crippen LogP contribution in [0.5, 0.6) is 0 Å². The number of non-ortho nitro benzene ring substituents is 1. The molecule has 0 bridgehead atoms. The lowest BCUT2D eigenvalue weighted by Gasteiger charge is -2.02. The lowest BCUT2D eigenvalue weighted by atomic mass is 10.1. The van der Waals surface area contributed by atoms with Crippen LogP contribution in [0.2, 0.25) is 0 Å². The molecule has 2 aromatic carbocycles. The first-order valence-electron chi connectivity index (χ1n) is 7.91. The van der Waals surface area contributed by atoms with Crippen LogP contribution in [0.3, 0.4) is 0 Å². The topological polar surface area (TPSA) is 64.1 Å². The van der Waals surface area contributed by atoms with Crippen LogP contribution in [0.25, 0.3) is 0 Å². The number of nitro groups is 1. The third-order valence-corrected chi connectivity index (χ3v) is 3.94. The number of nitro benzene ring substituents is 1. The number of hydrogen-bond acceptors (Lipinski definition) is 3. The van der Waals surface area contributed by atoms with Gasteiger partial charge in [0.25, 0.3) is 5.69 Å². The van der Waals surface area contributed by atoms with Crippen molar-refractivity contribution >= 4 is 28.5 Å². The molecule has 3 rings (SSSR count). The second kappa shape index (κ2) is 9.01. The Morgan fingerprint density at radius 1 is 0.885 bits per heavy atom.